The Balaban J connectivity index is 2.52. The second-order valence-electron chi connectivity index (χ2n) is 6.81. The van der Waals surface area contributed by atoms with Crippen molar-refractivity contribution in [2.45, 2.75) is 41.0 Å². The third kappa shape index (κ3) is 7.23. The molecule has 1 rings (SSSR count). The minimum Gasteiger partial charge on any atom is -0.331 e. The fraction of sp³-hybridized carbons (Fsp3) is 0.529. The van der Waals surface area contributed by atoms with Crippen molar-refractivity contribution in [3.8, 4) is 0 Å². The van der Waals surface area contributed by atoms with Crippen molar-refractivity contribution in [2.24, 2.45) is 22.4 Å². The van der Waals surface area contributed by atoms with Gasteiger partial charge in [0.2, 0.25) is 0 Å². The molecule has 1 atom stereocenters. The van der Waals surface area contributed by atoms with E-state index >= 15 is 0 Å². The van der Waals surface area contributed by atoms with Crippen LogP contribution in [0.3, 0.4) is 0 Å². The Hall–Kier alpha value is -1.42. The molecule has 21 heavy (non-hydrogen) atoms. The van der Waals surface area contributed by atoms with E-state index in [0.29, 0.717) is 16.9 Å². The quantitative estimate of drug-likeness (QED) is 0.471. The fourth-order valence-corrected chi connectivity index (χ4v) is 2.18. The normalized spacial score (nSPS) is 13.4. The number of nitrogens with zero attached hydrogens (tertiary/aromatic N) is 1. The number of benzene rings is 1. The van der Waals surface area contributed by atoms with E-state index in [2.05, 4.69) is 50.5 Å². The average molecular weight is 305 g/mol. The first kappa shape index (κ1) is 17.6. The van der Waals surface area contributed by atoms with Crippen molar-refractivity contribution in [2.75, 3.05) is 5.32 Å². The highest BCUT2D eigenvalue weighted by Gasteiger charge is 2.23. The lowest BCUT2D eigenvalue weighted by atomic mass is 9.77. The summed E-state index contributed by atoms with van der Waals surface area (Å²) in [6.45, 7) is 11.2. The van der Waals surface area contributed by atoms with Crippen LogP contribution >= 0.6 is 12.2 Å². The average Bonchev–Trinajstić information content (AvgIpc) is 2.37. The molecule has 0 aliphatic heterocycles. The summed E-state index contributed by atoms with van der Waals surface area (Å²) in [5.41, 5.74) is 4.05. The molecule has 0 bridgehead atoms. The Morgan fingerprint density at radius 1 is 1.24 bits per heavy atom. The Morgan fingerprint density at radius 3 is 2.38 bits per heavy atom. The molecule has 0 aromatic heterocycles. The van der Waals surface area contributed by atoms with Crippen LogP contribution in [0.15, 0.2) is 35.4 Å². The van der Waals surface area contributed by atoms with Crippen molar-refractivity contribution in [1.29, 1.82) is 0 Å². The van der Waals surface area contributed by atoms with Gasteiger partial charge in [0.15, 0.2) is 5.11 Å². The minimum absolute atomic E-state index is 0.198. The maximum Gasteiger partial charge on any atom is 0.191 e. The van der Waals surface area contributed by atoms with Gasteiger partial charge in [0.25, 0.3) is 0 Å². The van der Waals surface area contributed by atoms with Gasteiger partial charge in [-0.3, -0.25) is 5.43 Å². The highest BCUT2D eigenvalue weighted by atomic mass is 32.1. The number of nitrogens with one attached hydrogen (secondary N) is 2. The summed E-state index contributed by atoms with van der Waals surface area (Å²) in [7, 11) is 0. The summed E-state index contributed by atoms with van der Waals surface area (Å²) in [5.74, 6) is 1.07. The van der Waals surface area contributed by atoms with Crippen LogP contribution < -0.4 is 10.7 Å². The summed E-state index contributed by atoms with van der Waals surface area (Å²) < 4.78 is 0. The molecule has 2 N–H and O–H groups in total. The Kier molecular flexibility index (Phi) is 6.82. The molecule has 0 spiro atoms. The van der Waals surface area contributed by atoms with Gasteiger partial charge in [-0.2, -0.15) is 5.10 Å². The number of thiocarbonyl (C=S) groups is 1. The van der Waals surface area contributed by atoms with Gasteiger partial charge in [0.1, 0.15) is 0 Å². The van der Waals surface area contributed by atoms with Crippen LogP contribution in [0, 0.1) is 17.3 Å². The van der Waals surface area contributed by atoms with E-state index in [1.807, 2.05) is 36.5 Å². The van der Waals surface area contributed by atoms with Crippen LogP contribution in [-0.2, 0) is 0 Å². The van der Waals surface area contributed by atoms with Crippen LogP contribution in [0.4, 0.5) is 5.69 Å². The molecular formula is C17H27N3S. The van der Waals surface area contributed by atoms with E-state index < -0.39 is 0 Å². The van der Waals surface area contributed by atoms with Crippen LogP contribution in [0.1, 0.15) is 41.0 Å². The third-order valence-electron chi connectivity index (χ3n) is 3.29. The molecule has 3 nitrogen and oxygen atoms in total. The smallest absolute Gasteiger partial charge is 0.191 e. The molecule has 0 radical (unpaired) electrons. The van der Waals surface area contributed by atoms with Gasteiger partial charge in [0, 0.05) is 17.8 Å². The molecular weight excluding hydrogens is 278 g/mol. The van der Waals surface area contributed by atoms with Crippen molar-refractivity contribution >= 4 is 29.2 Å². The second-order valence-corrected chi connectivity index (χ2v) is 7.22. The standard InChI is InChI=1S/C17H27N3S/c1-13(2)11-14(17(3,4)5)12-18-20-16(21)19-15-9-7-6-8-10-15/h6-10,12-14H,11H2,1-5H3,(H2,19,20,21)/b18-12+. The SMILES string of the molecule is CC(C)CC(/C=N/NC(=S)Nc1ccccc1)C(C)(C)C. The van der Waals surface area contributed by atoms with Gasteiger partial charge in [-0.25, -0.2) is 0 Å². The molecule has 0 amide bonds. The lowest BCUT2D eigenvalue weighted by molar-refractivity contribution is 0.277. The van der Waals surface area contributed by atoms with Crippen molar-refractivity contribution in [3.05, 3.63) is 30.3 Å². The molecule has 4 heteroatoms. The summed E-state index contributed by atoms with van der Waals surface area (Å²) >= 11 is 5.23. The van der Waals surface area contributed by atoms with Crippen LogP contribution in [-0.4, -0.2) is 11.3 Å². The topological polar surface area (TPSA) is 36.4 Å². The van der Waals surface area contributed by atoms with Crippen LogP contribution in [0.2, 0.25) is 0 Å². The zero-order valence-electron chi connectivity index (χ0n) is 13.7. The molecule has 0 aliphatic carbocycles. The van der Waals surface area contributed by atoms with Gasteiger partial charge >= 0.3 is 0 Å². The molecule has 0 saturated heterocycles. The molecule has 1 unspecified atom stereocenters. The number of hydrazone groups is 1. The van der Waals surface area contributed by atoms with Gasteiger partial charge in [0.05, 0.1) is 0 Å². The maximum absolute atomic E-state index is 5.23. The van der Waals surface area contributed by atoms with Crippen LogP contribution in [0.5, 0.6) is 0 Å². The first-order chi connectivity index (χ1) is 9.79. The Morgan fingerprint density at radius 2 is 1.86 bits per heavy atom. The zero-order chi connectivity index (χ0) is 15.9. The summed E-state index contributed by atoms with van der Waals surface area (Å²) in [6, 6.07) is 9.83. The maximum atomic E-state index is 5.23. The first-order valence-electron chi connectivity index (χ1n) is 7.44. The van der Waals surface area contributed by atoms with Gasteiger partial charge in [-0.05, 0) is 42.1 Å². The Labute approximate surface area is 134 Å². The number of hydrogen-bond donors (Lipinski definition) is 2. The fourth-order valence-electron chi connectivity index (χ4n) is 2.01. The zero-order valence-corrected chi connectivity index (χ0v) is 14.5. The van der Waals surface area contributed by atoms with E-state index in [9.17, 15) is 0 Å². The van der Waals surface area contributed by atoms with Crippen molar-refractivity contribution in [1.82, 2.24) is 5.43 Å². The predicted octanol–water partition coefficient (Wildman–Crippen LogP) is 4.67. The predicted molar refractivity (Wildman–Crippen MR) is 96.7 cm³/mol. The lowest BCUT2D eigenvalue weighted by Gasteiger charge is -2.28. The number of anilines is 1. The summed E-state index contributed by atoms with van der Waals surface area (Å²) in [6.07, 6.45) is 3.10. The Bertz CT molecular complexity index is 461. The van der Waals surface area contributed by atoms with E-state index in [1.165, 1.54) is 0 Å². The number of para-hydroxylation sites is 1. The highest BCUT2D eigenvalue weighted by Crippen LogP contribution is 2.29. The van der Waals surface area contributed by atoms with Gasteiger partial charge < -0.3 is 5.32 Å². The van der Waals surface area contributed by atoms with E-state index in [-0.39, 0.29) is 5.41 Å². The molecule has 1 aromatic carbocycles. The second kappa shape index (κ2) is 8.13. The highest BCUT2D eigenvalue weighted by molar-refractivity contribution is 7.80. The molecule has 0 aliphatic rings. The van der Waals surface area contributed by atoms with Crippen LogP contribution in [0.25, 0.3) is 0 Å². The van der Waals surface area contributed by atoms with Crippen molar-refractivity contribution in [3.63, 3.8) is 0 Å². The third-order valence-corrected chi connectivity index (χ3v) is 3.48. The lowest BCUT2D eigenvalue weighted by Crippen LogP contribution is -2.27. The minimum atomic E-state index is 0.198. The molecule has 0 saturated carbocycles. The van der Waals surface area contributed by atoms with Gasteiger partial charge in [-0.15, -0.1) is 0 Å². The number of rotatable bonds is 5. The van der Waals surface area contributed by atoms with E-state index in [1.54, 1.807) is 0 Å². The first-order valence-corrected chi connectivity index (χ1v) is 7.85. The van der Waals surface area contributed by atoms with E-state index in [0.717, 1.165) is 12.1 Å². The monoisotopic (exact) mass is 305 g/mol. The van der Waals surface area contributed by atoms with Gasteiger partial charge in [-0.1, -0.05) is 52.8 Å². The summed E-state index contributed by atoms with van der Waals surface area (Å²) in [4.78, 5) is 0. The van der Waals surface area contributed by atoms with Crippen molar-refractivity contribution < 1.29 is 0 Å². The van der Waals surface area contributed by atoms with E-state index in [4.69, 9.17) is 12.2 Å². The molecule has 116 valence electrons. The molecule has 0 heterocycles. The largest absolute Gasteiger partial charge is 0.331 e. The molecule has 1 aromatic rings. The molecule has 0 fully saturated rings. The summed E-state index contributed by atoms with van der Waals surface area (Å²) in [5, 5.41) is 7.92. The number of hydrogen-bond acceptors (Lipinski definition) is 2.